The molecule has 0 radical (unpaired) electrons. The van der Waals surface area contributed by atoms with Crippen molar-refractivity contribution in [1.29, 1.82) is 0 Å². The van der Waals surface area contributed by atoms with E-state index in [1.807, 2.05) is 25.7 Å². The van der Waals surface area contributed by atoms with Gasteiger partial charge < -0.3 is 10.2 Å². The number of carbonyl (C=O) groups excluding carboxylic acids is 2. The molecule has 0 unspecified atom stereocenters. The van der Waals surface area contributed by atoms with Crippen LogP contribution in [-0.2, 0) is 9.59 Å². The van der Waals surface area contributed by atoms with Gasteiger partial charge in [0.15, 0.2) is 0 Å². The van der Waals surface area contributed by atoms with E-state index in [4.69, 9.17) is 0 Å². The van der Waals surface area contributed by atoms with E-state index in [2.05, 4.69) is 10.2 Å². The molecule has 1 saturated heterocycles. The summed E-state index contributed by atoms with van der Waals surface area (Å²) in [6.07, 6.45) is 0.588. The first-order valence-corrected chi connectivity index (χ1v) is 6.82. The molecule has 0 saturated carbocycles. The van der Waals surface area contributed by atoms with Crippen molar-refractivity contribution < 1.29 is 9.59 Å². The van der Waals surface area contributed by atoms with Gasteiger partial charge in [-0.25, -0.2) is 0 Å². The van der Waals surface area contributed by atoms with Gasteiger partial charge in [0.2, 0.25) is 11.8 Å². The van der Waals surface area contributed by atoms with E-state index >= 15 is 0 Å². The van der Waals surface area contributed by atoms with E-state index in [1.54, 1.807) is 0 Å². The number of rotatable bonds is 5. The zero-order chi connectivity index (χ0) is 13.5. The maximum Gasteiger partial charge on any atom is 0.222 e. The van der Waals surface area contributed by atoms with Gasteiger partial charge in [-0.2, -0.15) is 0 Å². The van der Waals surface area contributed by atoms with Crippen molar-refractivity contribution in [3.8, 4) is 0 Å². The Balaban J connectivity index is 2.16. The van der Waals surface area contributed by atoms with E-state index in [0.717, 1.165) is 32.7 Å². The summed E-state index contributed by atoms with van der Waals surface area (Å²) in [4.78, 5) is 27.1. The van der Waals surface area contributed by atoms with Crippen molar-refractivity contribution in [2.24, 2.45) is 5.92 Å². The van der Waals surface area contributed by atoms with Crippen molar-refractivity contribution in [1.82, 2.24) is 15.1 Å². The zero-order valence-electron chi connectivity index (χ0n) is 11.7. The molecule has 1 aliphatic heterocycles. The molecule has 0 aliphatic carbocycles. The Kier molecular flexibility index (Phi) is 6.12. The summed E-state index contributed by atoms with van der Waals surface area (Å²) in [6, 6.07) is 0. The van der Waals surface area contributed by atoms with Crippen LogP contribution in [0.25, 0.3) is 0 Å². The lowest BCUT2D eigenvalue weighted by Crippen LogP contribution is -2.50. The fourth-order valence-electron chi connectivity index (χ4n) is 1.99. The predicted octanol–water partition coefficient (Wildman–Crippen LogP) is 0.313. The van der Waals surface area contributed by atoms with E-state index in [9.17, 15) is 9.59 Å². The van der Waals surface area contributed by atoms with Crippen molar-refractivity contribution >= 4 is 11.8 Å². The first-order chi connectivity index (χ1) is 8.54. The van der Waals surface area contributed by atoms with E-state index in [-0.39, 0.29) is 17.7 Å². The molecule has 18 heavy (non-hydrogen) atoms. The van der Waals surface area contributed by atoms with Crippen LogP contribution < -0.4 is 5.32 Å². The van der Waals surface area contributed by atoms with Gasteiger partial charge in [0.25, 0.3) is 0 Å². The number of piperazine rings is 1. The summed E-state index contributed by atoms with van der Waals surface area (Å²) < 4.78 is 0. The molecular formula is C13H25N3O2. The molecule has 0 bridgehead atoms. The fraction of sp³-hybridized carbons (Fsp3) is 0.846. The molecule has 104 valence electrons. The number of carbonyl (C=O) groups is 2. The average Bonchev–Trinajstić information content (AvgIpc) is 2.38. The van der Waals surface area contributed by atoms with E-state index < -0.39 is 0 Å². The Bertz CT molecular complexity index is 284. The molecule has 1 fully saturated rings. The molecule has 2 amide bonds. The Morgan fingerprint density at radius 1 is 1.17 bits per heavy atom. The number of nitrogens with zero attached hydrogens (tertiary/aromatic N) is 2. The Morgan fingerprint density at radius 2 is 1.78 bits per heavy atom. The van der Waals surface area contributed by atoms with Crippen LogP contribution in [0.2, 0.25) is 0 Å². The molecule has 0 aromatic heterocycles. The van der Waals surface area contributed by atoms with Crippen LogP contribution >= 0.6 is 0 Å². The molecule has 1 heterocycles. The van der Waals surface area contributed by atoms with Crippen LogP contribution in [0.3, 0.4) is 0 Å². The van der Waals surface area contributed by atoms with Crippen LogP contribution in [0.1, 0.15) is 27.2 Å². The second-order valence-electron chi connectivity index (χ2n) is 5.02. The largest absolute Gasteiger partial charge is 0.355 e. The fourth-order valence-corrected chi connectivity index (χ4v) is 1.99. The normalized spacial score (nSPS) is 17.0. The van der Waals surface area contributed by atoms with Gasteiger partial charge in [0, 0.05) is 51.6 Å². The van der Waals surface area contributed by atoms with Gasteiger partial charge >= 0.3 is 0 Å². The molecular weight excluding hydrogens is 230 g/mol. The van der Waals surface area contributed by atoms with Crippen LogP contribution in [0.5, 0.6) is 0 Å². The minimum absolute atomic E-state index is 0.0454. The molecule has 0 aromatic carbocycles. The lowest BCUT2D eigenvalue weighted by atomic mass is 10.2. The van der Waals surface area contributed by atoms with Crippen LogP contribution in [-0.4, -0.2) is 60.9 Å². The maximum absolute atomic E-state index is 11.5. The van der Waals surface area contributed by atoms with E-state index in [1.165, 1.54) is 0 Å². The summed E-state index contributed by atoms with van der Waals surface area (Å²) in [5.41, 5.74) is 0. The number of hydrogen-bond acceptors (Lipinski definition) is 3. The number of hydrogen-bond donors (Lipinski definition) is 1. The highest BCUT2D eigenvalue weighted by Gasteiger charge is 2.19. The monoisotopic (exact) mass is 255 g/mol. The Hall–Kier alpha value is -1.10. The molecule has 5 nitrogen and oxygen atoms in total. The van der Waals surface area contributed by atoms with Crippen molar-refractivity contribution in [2.75, 3.05) is 39.3 Å². The highest BCUT2D eigenvalue weighted by Crippen LogP contribution is 2.03. The highest BCUT2D eigenvalue weighted by molar-refractivity contribution is 5.77. The first kappa shape index (κ1) is 15.0. The maximum atomic E-state index is 11.5. The molecule has 1 aliphatic rings. The lowest BCUT2D eigenvalue weighted by molar-refractivity contribution is -0.132. The summed E-state index contributed by atoms with van der Waals surface area (Å²) in [5.74, 6) is 0.390. The zero-order valence-corrected chi connectivity index (χ0v) is 11.7. The summed E-state index contributed by atoms with van der Waals surface area (Å²) >= 11 is 0. The number of nitrogens with one attached hydrogen (secondary N) is 1. The third kappa shape index (κ3) is 4.64. The summed E-state index contributed by atoms with van der Waals surface area (Å²) in [7, 11) is 0. The Morgan fingerprint density at radius 3 is 2.28 bits per heavy atom. The van der Waals surface area contributed by atoms with Gasteiger partial charge in [0.05, 0.1) is 0 Å². The molecule has 0 atom stereocenters. The van der Waals surface area contributed by atoms with Crippen LogP contribution in [0.15, 0.2) is 0 Å². The van der Waals surface area contributed by atoms with Crippen molar-refractivity contribution in [3.05, 3.63) is 0 Å². The van der Waals surface area contributed by atoms with Crippen LogP contribution in [0.4, 0.5) is 0 Å². The smallest absolute Gasteiger partial charge is 0.222 e. The Labute approximate surface area is 110 Å². The summed E-state index contributed by atoms with van der Waals surface area (Å²) in [5, 5.41) is 2.91. The topological polar surface area (TPSA) is 52.7 Å². The van der Waals surface area contributed by atoms with Gasteiger partial charge in [-0.05, 0) is 0 Å². The van der Waals surface area contributed by atoms with Crippen LogP contribution in [0, 0.1) is 5.92 Å². The quantitative estimate of drug-likeness (QED) is 0.769. The minimum atomic E-state index is 0.0454. The molecule has 1 rings (SSSR count). The highest BCUT2D eigenvalue weighted by atomic mass is 16.2. The van der Waals surface area contributed by atoms with Crippen molar-refractivity contribution in [2.45, 2.75) is 27.2 Å². The third-order valence-corrected chi connectivity index (χ3v) is 3.28. The van der Waals surface area contributed by atoms with Gasteiger partial charge in [0.1, 0.15) is 0 Å². The standard InChI is InChI=1S/C13H25N3O2/c1-4-12(17)16-9-7-15(8-10-16)6-5-14-13(18)11(2)3/h11H,4-10H2,1-3H3,(H,14,18). The van der Waals surface area contributed by atoms with E-state index in [0.29, 0.717) is 13.0 Å². The minimum Gasteiger partial charge on any atom is -0.355 e. The van der Waals surface area contributed by atoms with Gasteiger partial charge in [-0.1, -0.05) is 20.8 Å². The summed E-state index contributed by atoms with van der Waals surface area (Å²) in [6.45, 7) is 10.7. The average molecular weight is 255 g/mol. The third-order valence-electron chi connectivity index (χ3n) is 3.28. The van der Waals surface area contributed by atoms with Gasteiger partial charge in [-0.3, -0.25) is 14.5 Å². The molecule has 1 N–H and O–H groups in total. The van der Waals surface area contributed by atoms with Gasteiger partial charge in [-0.15, -0.1) is 0 Å². The van der Waals surface area contributed by atoms with Crippen molar-refractivity contribution in [3.63, 3.8) is 0 Å². The molecule has 0 spiro atoms. The number of amides is 2. The molecule has 0 aromatic rings. The SMILES string of the molecule is CCC(=O)N1CCN(CCNC(=O)C(C)C)CC1. The lowest BCUT2D eigenvalue weighted by Gasteiger charge is -2.34. The second-order valence-corrected chi connectivity index (χ2v) is 5.02. The predicted molar refractivity (Wildman–Crippen MR) is 71.2 cm³/mol. The first-order valence-electron chi connectivity index (χ1n) is 6.82. The molecule has 5 heteroatoms. The second kappa shape index (κ2) is 7.36.